The lowest BCUT2D eigenvalue weighted by atomic mass is 9.99. The molecule has 33 heavy (non-hydrogen) atoms. The monoisotopic (exact) mass is 473 g/mol. The van der Waals surface area contributed by atoms with Gasteiger partial charge < -0.3 is 23.8 Å². The van der Waals surface area contributed by atoms with E-state index in [2.05, 4.69) is 18.7 Å². The van der Waals surface area contributed by atoms with Crippen LogP contribution >= 0.6 is 11.3 Å². The Morgan fingerprint density at radius 2 is 1.70 bits per heavy atom. The summed E-state index contributed by atoms with van der Waals surface area (Å²) in [6, 6.07) is 3.79. The largest absolute Gasteiger partial charge is 0.493 e. The van der Waals surface area contributed by atoms with Crippen LogP contribution in [-0.2, 0) is 9.53 Å². The quantitative estimate of drug-likeness (QED) is 0.616. The Balaban J connectivity index is 1.75. The molecule has 0 bridgehead atoms. The van der Waals surface area contributed by atoms with Gasteiger partial charge in [0, 0.05) is 42.2 Å². The van der Waals surface area contributed by atoms with Gasteiger partial charge in [-0.05, 0) is 31.5 Å². The lowest BCUT2D eigenvalue weighted by Crippen LogP contribution is -2.43. The number of carbonyl (C=O) groups excluding carboxylic acids is 1. The molecule has 0 atom stereocenters. The van der Waals surface area contributed by atoms with Gasteiger partial charge in [-0.2, -0.15) is 0 Å². The number of methoxy groups -OCH3 is 3. The van der Waals surface area contributed by atoms with Crippen LogP contribution in [0.1, 0.15) is 21.6 Å². The van der Waals surface area contributed by atoms with Crippen LogP contribution in [0.25, 0.3) is 0 Å². The molecule has 9 heteroatoms. The van der Waals surface area contributed by atoms with Crippen molar-refractivity contribution in [2.24, 2.45) is 4.99 Å². The number of fused-ring (bicyclic) bond motifs is 1. The first-order chi connectivity index (χ1) is 16.0. The van der Waals surface area contributed by atoms with E-state index >= 15 is 0 Å². The van der Waals surface area contributed by atoms with Gasteiger partial charge in [0.1, 0.15) is 11.5 Å². The minimum atomic E-state index is 0.00759. The van der Waals surface area contributed by atoms with Crippen molar-refractivity contribution in [3.8, 4) is 17.2 Å². The highest BCUT2D eigenvalue weighted by molar-refractivity contribution is 7.17. The first-order valence-corrected chi connectivity index (χ1v) is 11.9. The van der Waals surface area contributed by atoms with Gasteiger partial charge in [0.15, 0.2) is 11.5 Å². The highest BCUT2D eigenvalue weighted by Gasteiger charge is 2.31. The maximum absolute atomic E-state index is 13.2. The van der Waals surface area contributed by atoms with Crippen molar-refractivity contribution in [2.75, 3.05) is 72.2 Å². The number of aryl methyl sites for hydroxylation is 1. The molecule has 2 aliphatic rings. The number of nitrogens with zero attached hydrogens (tertiary/aromatic N) is 3. The molecule has 4 rings (SSSR count). The van der Waals surface area contributed by atoms with Crippen molar-refractivity contribution >= 4 is 28.0 Å². The van der Waals surface area contributed by atoms with Crippen LogP contribution < -0.4 is 19.1 Å². The Bertz CT molecular complexity index is 1030. The van der Waals surface area contributed by atoms with Crippen LogP contribution in [0, 0.1) is 13.8 Å². The molecule has 2 aromatic rings. The van der Waals surface area contributed by atoms with Gasteiger partial charge in [-0.3, -0.25) is 14.7 Å². The van der Waals surface area contributed by atoms with E-state index in [0.717, 1.165) is 60.3 Å². The van der Waals surface area contributed by atoms with E-state index in [1.54, 1.807) is 32.7 Å². The van der Waals surface area contributed by atoms with Crippen molar-refractivity contribution in [1.82, 2.24) is 4.90 Å². The zero-order valence-corrected chi connectivity index (χ0v) is 20.7. The summed E-state index contributed by atoms with van der Waals surface area (Å²) in [5.74, 6) is 1.65. The van der Waals surface area contributed by atoms with Gasteiger partial charge in [-0.1, -0.05) is 0 Å². The fourth-order valence-corrected chi connectivity index (χ4v) is 5.45. The van der Waals surface area contributed by atoms with Crippen LogP contribution in [0.2, 0.25) is 0 Å². The highest BCUT2D eigenvalue weighted by atomic mass is 32.1. The molecule has 1 aromatic carbocycles. The number of rotatable bonds is 7. The third kappa shape index (κ3) is 4.58. The van der Waals surface area contributed by atoms with E-state index in [-0.39, 0.29) is 12.5 Å². The molecule has 0 unspecified atom stereocenters. The molecule has 0 spiro atoms. The van der Waals surface area contributed by atoms with E-state index in [4.69, 9.17) is 23.9 Å². The van der Waals surface area contributed by atoms with E-state index in [9.17, 15) is 4.79 Å². The van der Waals surface area contributed by atoms with Crippen molar-refractivity contribution in [1.29, 1.82) is 0 Å². The number of anilines is 1. The predicted molar refractivity (Wildman–Crippen MR) is 130 cm³/mol. The number of hydrogen-bond donors (Lipinski definition) is 0. The first kappa shape index (κ1) is 23.5. The lowest BCUT2D eigenvalue weighted by molar-refractivity contribution is -0.117. The molecule has 178 valence electrons. The molecule has 3 heterocycles. The minimum absolute atomic E-state index is 0.00759. The van der Waals surface area contributed by atoms with Crippen LogP contribution in [0.3, 0.4) is 0 Å². The Morgan fingerprint density at radius 3 is 2.30 bits per heavy atom. The smallest absolute Gasteiger partial charge is 0.249 e. The highest BCUT2D eigenvalue weighted by Crippen LogP contribution is 2.42. The SMILES string of the molecule is COc1cc(C2=NCC(=O)N(CCN3CCOCC3)c3sc(C)c(C)c32)cc(OC)c1OC. The molecular formula is C24H31N3O5S. The van der Waals surface area contributed by atoms with Crippen LogP contribution in [-0.4, -0.2) is 83.8 Å². The summed E-state index contributed by atoms with van der Waals surface area (Å²) in [5, 5.41) is 0.952. The Hall–Kier alpha value is -2.62. The molecule has 0 N–H and O–H groups in total. The van der Waals surface area contributed by atoms with Gasteiger partial charge in [-0.25, -0.2) is 0 Å². The third-order valence-electron chi connectivity index (χ3n) is 6.20. The molecule has 1 amide bonds. The van der Waals surface area contributed by atoms with Crippen LogP contribution in [0.15, 0.2) is 17.1 Å². The summed E-state index contributed by atoms with van der Waals surface area (Å²) in [4.78, 5) is 23.4. The van der Waals surface area contributed by atoms with Crippen molar-refractivity contribution < 1.29 is 23.7 Å². The van der Waals surface area contributed by atoms with Gasteiger partial charge in [-0.15, -0.1) is 11.3 Å². The van der Waals surface area contributed by atoms with Crippen molar-refractivity contribution in [3.05, 3.63) is 33.7 Å². The Labute approximate surface area is 198 Å². The molecule has 8 nitrogen and oxygen atoms in total. The second-order valence-corrected chi connectivity index (χ2v) is 9.24. The molecule has 1 fully saturated rings. The number of ether oxygens (including phenoxy) is 4. The predicted octanol–water partition coefficient (Wildman–Crippen LogP) is 2.91. The zero-order chi connectivity index (χ0) is 23.5. The van der Waals surface area contributed by atoms with Crippen molar-refractivity contribution in [2.45, 2.75) is 13.8 Å². The summed E-state index contributed by atoms with van der Waals surface area (Å²) in [5.41, 5.74) is 3.73. The van der Waals surface area contributed by atoms with Crippen LogP contribution in [0.4, 0.5) is 5.00 Å². The molecule has 0 radical (unpaired) electrons. The van der Waals surface area contributed by atoms with Crippen LogP contribution in [0.5, 0.6) is 17.2 Å². The summed E-state index contributed by atoms with van der Waals surface area (Å²) < 4.78 is 22.1. The summed E-state index contributed by atoms with van der Waals surface area (Å²) in [6.45, 7) is 8.98. The lowest BCUT2D eigenvalue weighted by Gasteiger charge is -2.29. The normalized spacial score (nSPS) is 16.8. The fraction of sp³-hybridized carbons (Fsp3) is 0.500. The number of carbonyl (C=O) groups is 1. The third-order valence-corrected chi connectivity index (χ3v) is 7.43. The second-order valence-electron chi connectivity index (χ2n) is 8.04. The van der Waals surface area contributed by atoms with E-state index in [1.807, 2.05) is 17.0 Å². The van der Waals surface area contributed by atoms with Gasteiger partial charge in [0.2, 0.25) is 11.7 Å². The summed E-state index contributed by atoms with van der Waals surface area (Å²) in [7, 11) is 4.77. The maximum atomic E-state index is 13.2. The zero-order valence-electron chi connectivity index (χ0n) is 19.9. The number of amides is 1. The summed E-state index contributed by atoms with van der Waals surface area (Å²) >= 11 is 1.65. The molecule has 1 aromatic heterocycles. The maximum Gasteiger partial charge on any atom is 0.249 e. The Morgan fingerprint density at radius 1 is 1.03 bits per heavy atom. The van der Waals surface area contributed by atoms with Gasteiger partial charge >= 0.3 is 0 Å². The minimum Gasteiger partial charge on any atom is -0.493 e. The number of thiophene rings is 1. The van der Waals surface area contributed by atoms with E-state index < -0.39 is 0 Å². The average molecular weight is 474 g/mol. The molecule has 1 saturated heterocycles. The van der Waals surface area contributed by atoms with E-state index in [0.29, 0.717) is 23.8 Å². The topological polar surface area (TPSA) is 72.8 Å². The van der Waals surface area contributed by atoms with Crippen molar-refractivity contribution in [3.63, 3.8) is 0 Å². The number of benzene rings is 1. The van der Waals surface area contributed by atoms with Gasteiger partial charge in [0.25, 0.3) is 0 Å². The molecule has 2 aliphatic heterocycles. The number of aliphatic imine (C=N–C) groups is 1. The summed E-state index contributed by atoms with van der Waals surface area (Å²) in [6.07, 6.45) is 0. The number of morpholine rings is 1. The fourth-order valence-electron chi connectivity index (χ4n) is 4.25. The molecule has 0 aliphatic carbocycles. The molecular weight excluding hydrogens is 442 g/mol. The Kier molecular flexibility index (Phi) is 7.21. The first-order valence-electron chi connectivity index (χ1n) is 11.0. The number of hydrogen-bond acceptors (Lipinski definition) is 8. The van der Waals surface area contributed by atoms with Gasteiger partial charge in [0.05, 0.1) is 40.3 Å². The second kappa shape index (κ2) is 10.1. The van der Waals surface area contributed by atoms with E-state index in [1.165, 1.54) is 4.88 Å². The molecule has 0 saturated carbocycles. The average Bonchev–Trinajstić information content (AvgIpc) is 3.04. The standard InChI is InChI=1S/C24H31N3O5S/c1-15-16(2)33-24-21(15)22(17-12-18(29-3)23(31-5)19(13-17)30-4)25-14-20(28)27(24)7-6-26-8-10-32-11-9-26/h12-13H,6-11,14H2,1-5H3.